The highest BCUT2D eigenvalue weighted by Gasteiger charge is 2.43. The van der Waals surface area contributed by atoms with E-state index in [1.807, 2.05) is 35.7 Å². The Morgan fingerprint density at radius 1 is 1.16 bits per heavy atom. The van der Waals surface area contributed by atoms with Crippen LogP contribution in [0.3, 0.4) is 0 Å². The van der Waals surface area contributed by atoms with Gasteiger partial charge < -0.3 is 19.9 Å². The normalized spacial score (nSPS) is 21.5. The van der Waals surface area contributed by atoms with Gasteiger partial charge in [0.15, 0.2) is 0 Å². The van der Waals surface area contributed by atoms with Gasteiger partial charge in [0.05, 0.1) is 18.6 Å². The summed E-state index contributed by atoms with van der Waals surface area (Å²) in [5.41, 5.74) is 1.35. The number of thiophene rings is 1. The van der Waals surface area contributed by atoms with E-state index in [1.165, 1.54) is 0 Å². The highest BCUT2D eigenvalue weighted by atomic mass is 32.1. The van der Waals surface area contributed by atoms with Crippen LogP contribution in [-0.2, 0) is 9.53 Å². The van der Waals surface area contributed by atoms with Crippen LogP contribution in [0.1, 0.15) is 52.5 Å². The number of nitrogens with zero attached hydrogens (tertiary/aromatic N) is 2. The monoisotopic (exact) mass is 441 g/mol. The molecule has 1 fully saturated rings. The van der Waals surface area contributed by atoms with Crippen LogP contribution in [0.25, 0.3) is 0 Å². The molecular weight excluding hydrogens is 414 g/mol. The van der Waals surface area contributed by atoms with Crippen LogP contribution in [-0.4, -0.2) is 60.5 Å². The molecule has 4 rings (SSSR count). The molecule has 8 heteroatoms. The average molecular weight is 442 g/mol. The van der Waals surface area contributed by atoms with Gasteiger partial charge in [-0.2, -0.15) is 0 Å². The first kappa shape index (κ1) is 21.4. The van der Waals surface area contributed by atoms with Gasteiger partial charge in [-0.1, -0.05) is 24.3 Å². The summed E-state index contributed by atoms with van der Waals surface area (Å²) < 4.78 is 5.07. The number of carbonyl (C=O) groups is 3. The fourth-order valence-corrected chi connectivity index (χ4v) is 5.39. The number of piperidine rings is 1. The number of hydrogen-bond acceptors (Lipinski definition) is 5. The van der Waals surface area contributed by atoms with Crippen LogP contribution in [0.2, 0.25) is 0 Å². The lowest BCUT2D eigenvalue weighted by Gasteiger charge is -2.40. The van der Waals surface area contributed by atoms with E-state index in [0.29, 0.717) is 38.1 Å². The van der Waals surface area contributed by atoms with E-state index in [0.717, 1.165) is 10.4 Å². The lowest BCUT2D eigenvalue weighted by atomic mass is 9.81. The summed E-state index contributed by atoms with van der Waals surface area (Å²) in [4.78, 5) is 42.8. The smallest absolute Gasteiger partial charge is 0.409 e. The molecule has 2 aliphatic rings. The second-order valence-electron chi connectivity index (χ2n) is 7.91. The molecule has 2 atom stereocenters. The molecule has 0 radical (unpaired) electrons. The molecule has 3 heterocycles. The number of likely N-dealkylation sites (N-methyl/N-ethyl adjacent to an activating group) is 1. The summed E-state index contributed by atoms with van der Waals surface area (Å²) >= 11 is 1.55. The predicted octanol–water partition coefficient (Wildman–Crippen LogP) is 3.40. The zero-order chi connectivity index (χ0) is 22.0. The van der Waals surface area contributed by atoms with Gasteiger partial charge in [0.25, 0.3) is 5.91 Å². The number of amides is 3. The molecule has 1 saturated heterocycles. The molecular formula is C23H27N3O4S. The molecule has 3 amide bonds. The molecule has 1 aromatic carbocycles. The number of fused-ring (bicyclic) bond motifs is 1. The van der Waals surface area contributed by atoms with Crippen molar-refractivity contribution in [1.82, 2.24) is 15.1 Å². The lowest BCUT2D eigenvalue weighted by Crippen LogP contribution is -2.50. The Bertz CT molecular complexity index is 953. The molecule has 0 bridgehead atoms. The number of hydrogen-bond donors (Lipinski definition) is 1. The van der Waals surface area contributed by atoms with Gasteiger partial charge in [0, 0.05) is 36.6 Å². The van der Waals surface area contributed by atoms with Gasteiger partial charge in [0.1, 0.15) is 0 Å². The second-order valence-corrected chi connectivity index (χ2v) is 8.89. The summed E-state index contributed by atoms with van der Waals surface area (Å²) in [5.74, 6) is -0.638. The maximum absolute atomic E-state index is 13.6. The largest absolute Gasteiger partial charge is 0.450 e. The van der Waals surface area contributed by atoms with Gasteiger partial charge in [0.2, 0.25) is 5.91 Å². The Morgan fingerprint density at radius 2 is 1.90 bits per heavy atom. The Labute approximate surface area is 186 Å². The highest BCUT2D eigenvalue weighted by Crippen LogP contribution is 2.43. The zero-order valence-electron chi connectivity index (χ0n) is 17.7. The molecule has 31 heavy (non-hydrogen) atoms. The molecule has 0 saturated carbocycles. The van der Waals surface area contributed by atoms with Crippen molar-refractivity contribution in [2.24, 2.45) is 0 Å². The van der Waals surface area contributed by atoms with E-state index in [-0.39, 0.29) is 30.0 Å². The Hall–Kier alpha value is -2.87. The minimum Gasteiger partial charge on any atom is -0.450 e. The first-order valence-corrected chi connectivity index (χ1v) is 11.5. The van der Waals surface area contributed by atoms with E-state index >= 15 is 0 Å². The summed E-state index contributed by atoms with van der Waals surface area (Å²) in [5, 5.41) is 5.16. The van der Waals surface area contributed by atoms with E-state index < -0.39 is 5.92 Å². The van der Waals surface area contributed by atoms with E-state index in [2.05, 4.69) is 5.32 Å². The first-order chi connectivity index (χ1) is 15.0. The molecule has 0 spiro atoms. The number of nitrogens with one attached hydrogen (secondary N) is 1. The van der Waals surface area contributed by atoms with Gasteiger partial charge in [-0.05, 0) is 42.8 Å². The second kappa shape index (κ2) is 9.09. The van der Waals surface area contributed by atoms with Gasteiger partial charge >= 0.3 is 6.09 Å². The van der Waals surface area contributed by atoms with E-state index in [1.54, 1.807) is 41.2 Å². The van der Waals surface area contributed by atoms with E-state index in [9.17, 15) is 14.4 Å². The zero-order valence-corrected chi connectivity index (χ0v) is 18.6. The van der Waals surface area contributed by atoms with Crippen LogP contribution in [0.15, 0.2) is 41.8 Å². The lowest BCUT2D eigenvalue weighted by molar-refractivity contribution is -0.125. The molecule has 164 valence electrons. The van der Waals surface area contributed by atoms with Crippen molar-refractivity contribution in [3.05, 3.63) is 57.8 Å². The Kier molecular flexibility index (Phi) is 6.27. The van der Waals surface area contributed by atoms with Gasteiger partial charge in [-0.25, -0.2) is 4.79 Å². The summed E-state index contributed by atoms with van der Waals surface area (Å²) in [6.07, 6.45) is 1.06. The van der Waals surface area contributed by atoms with Crippen LogP contribution >= 0.6 is 11.3 Å². The quantitative estimate of drug-likeness (QED) is 0.789. The van der Waals surface area contributed by atoms with Gasteiger partial charge in [-0.15, -0.1) is 11.3 Å². The minimum atomic E-state index is -0.486. The van der Waals surface area contributed by atoms with Crippen molar-refractivity contribution in [3.63, 3.8) is 0 Å². The maximum Gasteiger partial charge on any atom is 0.409 e. The Balaban J connectivity index is 1.55. The van der Waals surface area contributed by atoms with Crippen LogP contribution in [0.4, 0.5) is 4.79 Å². The molecule has 7 nitrogen and oxygen atoms in total. The van der Waals surface area contributed by atoms with Crippen molar-refractivity contribution >= 4 is 29.2 Å². The number of benzene rings is 1. The summed E-state index contributed by atoms with van der Waals surface area (Å²) in [7, 11) is 1.76. The molecule has 2 aromatic rings. The third-order valence-electron chi connectivity index (χ3n) is 6.06. The predicted molar refractivity (Wildman–Crippen MR) is 118 cm³/mol. The Morgan fingerprint density at radius 3 is 2.58 bits per heavy atom. The summed E-state index contributed by atoms with van der Waals surface area (Å²) in [6, 6.07) is 10.9. The molecule has 1 aromatic heterocycles. The number of rotatable bonds is 4. The van der Waals surface area contributed by atoms with Crippen LogP contribution in [0.5, 0.6) is 0 Å². The fraction of sp³-hybridized carbons (Fsp3) is 0.435. The third-order valence-corrected chi connectivity index (χ3v) is 7.01. The average Bonchev–Trinajstić information content (AvgIpc) is 3.31. The number of ether oxygens (including phenoxy) is 1. The van der Waals surface area contributed by atoms with E-state index in [4.69, 9.17) is 4.74 Å². The summed E-state index contributed by atoms with van der Waals surface area (Å²) in [6.45, 7) is 3.25. The van der Waals surface area contributed by atoms with Crippen LogP contribution in [0, 0.1) is 0 Å². The highest BCUT2D eigenvalue weighted by molar-refractivity contribution is 7.10. The van der Waals surface area contributed by atoms with Crippen molar-refractivity contribution in [3.8, 4) is 0 Å². The maximum atomic E-state index is 13.6. The SMILES string of the molecule is CCOC(=O)N1CCC(NC(=O)[C@H]2c3ccccc3C(=O)N(C)[C@H]2c2cccs2)CC1. The first-order valence-electron chi connectivity index (χ1n) is 10.6. The standard InChI is InChI=1S/C23H27N3O4S/c1-3-30-23(29)26-12-10-15(11-13-26)24-21(27)19-16-7-4-5-8-17(16)22(28)25(2)20(19)18-9-6-14-31-18/h4-9,14-15,19-20H,3,10-13H2,1-2H3,(H,24,27)/t19-,20-/m0/s1. The van der Waals surface area contributed by atoms with Crippen molar-refractivity contribution in [2.45, 2.75) is 37.8 Å². The number of likely N-dealkylation sites (tertiary alicyclic amines) is 1. The molecule has 0 aliphatic carbocycles. The number of carbonyl (C=O) groups excluding carboxylic acids is 3. The van der Waals surface area contributed by atoms with Crippen molar-refractivity contribution in [2.75, 3.05) is 26.7 Å². The van der Waals surface area contributed by atoms with Crippen molar-refractivity contribution < 1.29 is 19.1 Å². The van der Waals surface area contributed by atoms with Crippen LogP contribution < -0.4 is 5.32 Å². The topological polar surface area (TPSA) is 79.0 Å². The fourth-order valence-electron chi connectivity index (χ4n) is 4.48. The molecule has 0 unspecified atom stereocenters. The third kappa shape index (κ3) is 4.17. The van der Waals surface area contributed by atoms with Crippen molar-refractivity contribution in [1.29, 1.82) is 0 Å². The molecule has 2 aliphatic heterocycles. The minimum absolute atomic E-state index is 0.0164. The van der Waals surface area contributed by atoms with Gasteiger partial charge in [-0.3, -0.25) is 9.59 Å². The molecule has 1 N–H and O–H groups in total.